The van der Waals surface area contributed by atoms with Gasteiger partial charge >= 0.3 is 0 Å². The fraction of sp³-hybridized carbons (Fsp3) is 0.267. The van der Waals surface area contributed by atoms with Crippen LogP contribution in [0, 0.1) is 0 Å². The molecule has 0 aliphatic carbocycles. The summed E-state index contributed by atoms with van der Waals surface area (Å²) in [6.45, 7) is 1.03. The van der Waals surface area contributed by atoms with Gasteiger partial charge in [0.25, 0.3) is 0 Å². The first kappa shape index (κ1) is 12.8. The van der Waals surface area contributed by atoms with E-state index in [1.54, 1.807) is 12.5 Å². The zero-order valence-electron chi connectivity index (χ0n) is 11.4. The van der Waals surface area contributed by atoms with E-state index < -0.39 is 0 Å². The zero-order chi connectivity index (χ0) is 14.2. The van der Waals surface area contributed by atoms with Crippen molar-refractivity contribution < 1.29 is 0 Å². The lowest BCUT2D eigenvalue weighted by atomic mass is 10.0. The molecule has 0 N–H and O–H groups in total. The van der Waals surface area contributed by atoms with Gasteiger partial charge in [-0.2, -0.15) is 0 Å². The van der Waals surface area contributed by atoms with Crippen LogP contribution >= 0.6 is 15.9 Å². The van der Waals surface area contributed by atoms with Gasteiger partial charge in [0, 0.05) is 11.0 Å². The average Bonchev–Trinajstić information content (AvgIpc) is 3.16. The molecule has 1 saturated heterocycles. The highest BCUT2D eigenvalue weighted by atomic mass is 79.9. The van der Waals surface area contributed by atoms with Gasteiger partial charge in [-0.1, -0.05) is 28.1 Å². The van der Waals surface area contributed by atoms with E-state index in [0.29, 0.717) is 6.04 Å². The third kappa shape index (κ3) is 2.19. The molecule has 1 aliphatic rings. The van der Waals surface area contributed by atoms with Gasteiger partial charge in [0.2, 0.25) is 0 Å². The molecule has 5 nitrogen and oxygen atoms in total. The summed E-state index contributed by atoms with van der Waals surface area (Å²) in [6, 6.07) is 8.96. The SMILES string of the molecule is Brc1ccc([C@H]2CCCN2c2cncc3nncn23)cc1. The highest BCUT2D eigenvalue weighted by molar-refractivity contribution is 9.10. The summed E-state index contributed by atoms with van der Waals surface area (Å²) in [5.41, 5.74) is 2.12. The van der Waals surface area contributed by atoms with Crippen LogP contribution in [0.15, 0.2) is 47.5 Å². The smallest absolute Gasteiger partial charge is 0.180 e. The number of aromatic nitrogens is 4. The number of benzene rings is 1. The second-order valence-corrected chi connectivity index (χ2v) is 6.14. The van der Waals surface area contributed by atoms with Crippen LogP contribution in [0.4, 0.5) is 5.82 Å². The summed E-state index contributed by atoms with van der Waals surface area (Å²) >= 11 is 3.50. The third-order valence-corrected chi connectivity index (χ3v) is 4.53. The first-order chi connectivity index (χ1) is 10.3. The molecule has 106 valence electrons. The van der Waals surface area contributed by atoms with Crippen molar-refractivity contribution in [3.8, 4) is 0 Å². The Bertz CT molecular complexity index is 767. The summed E-state index contributed by atoms with van der Waals surface area (Å²) in [5.74, 6) is 1.06. The monoisotopic (exact) mass is 343 g/mol. The van der Waals surface area contributed by atoms with Crippen LogP contribution < -0.4 is 4.90 Å². The number of rotatable bonds is 2. The molecule has 0 spiro atoms. The molecule has 6 heteroatoms. The number of hydrogen-bond acceptors (Lipinski definition) is 4. The maximum atomic E-state index is 4.30. The van der Waals surface area contributed by atoms with Crippen molar-refractivity contribution in [2.45, 2.75) is 18.9 Å². The molecular formula is C15H14BrN5. The number of hydrogen-bond donors (Lipinski definition) is 0. The summed E-state index contributed by atoms with van der Waals surface area (Å²) in [4.78, 5) is 6.69. The standard InChI is InChI=1S/C15H14BrN5/c16-12-5-3-11(4-6-12)13-2-1-7-20(13)15-9-17-8-14-19-18-10-21(14)15/h3-6,8-10,13H,1-2,7H2/t13-/m1/s1. The van der Waals surface area contributed by atoms with Gasteiger partial charge in [-0.3, -0.25) is 9.38 Å². The van der Waals surface area contributed by atoms with E-state index in [1.165, 1.54) is 12.0 Å². The highest BCUT2D eigenvalue weighted by Gasteiger charge is 2.27. The van der Waals surface area contributed by atoms with Crippen LogP contribution in [-0.2, 0) is 0 Å². The van der Waals surface area contributed by atoms with E-state index in [9.17, 15) is 0 Å². The molecule has 4 rings (SSSR count). The van der Waals surface area contributed by atoms with Gasteiger partial charge < -0.3 is 4.90 Å². The second-order valence-electron chi connectivity index (χ2n) is 5.23. The minimum atomic E-state index is 0.382. The van der Waals surface area contributed by atoms with Gasteiger partial charge in [0.05, 0.1) is 18.4 Å². The quantitative estimate of drug-likeness (QED) is 0.716. The Kier molecular flexibility index (Phi) is 3.11. The molecule has 0 unspecified atom stereocenters. The van der Waals surface area contributed by atoms with Crippen molar-refractivity contribution in [1.82, 2.24) is 19.6 Å². The van der Waals surface area contributed by atoms with Crippen molar-refractivity contribution in [1.29, 1.82) is 0 Å². The molecule has 1 fully saturated rings. The first-order valence-corrected chi connectivity index (χ1v) is 7.78. The van der Waals surface area contributed by atoms with Crippen LogP contribution in [0.25, 0.3) is 5.65 Å². The van der Waals surface area contributed by atoms with Gasteiger partial charge in [-0.05, 0) is 30.5 Å². The van der Waals surface area contributed by atoms with Crippen molar-refractivity contribution in [2.24, 2.45) is 0 Å². The van der Waals surface area contributed by atoms with E-state index >= 15 is 0 Å². The summed E-state index contributed by atoms with van der Waals surface area (Å²) in [7, 11) is 0. The molecular weight excluding hydrogens is 330 g/mol. The Morgan fingerprint density at radius 3 is 2.86 bits per heavy atom. The molecule has 1 aliphatic heterocycles. The predicted molar refractivity (Wildman–Crippen MR) is 84.2 cm³/mol. The van der Waals surface area contributed by atoms with Crippen molar-refractivity contribution in [3.05, 3.63) is 53.0 Å². The Morgan fingerprint density at radius 2 is 2.00 bits per heavy atom. The van der Waals surface area contributed by atoms with Crippen LogP contribution in [0.3, 0.4) is 0 Å². The lowest BCUT2D eigenvalue weighted by Gasteiger charge is -2.27. The van der Waals surface area contributed by atoms with E-state index in [-0.39, 0.29) is 0 Å². The van der Waals surface area contributed by atoms with E-state index in [0.717, 1.165) is 28.9 Å². The van der Waals surface area contributed by atoms with Gasteiger partial charge in [-0.15, -0.1) is 10.2 Å². The predicted octanol–water partition coefficient (Wildman–Crippen LogP) is 3.23. The van der Waals surface area contributed by atoms with Crippen LogP contribution in [0.1, 0.15) is 24.4 Å². The summed E-state index contributed by atoms with van der Waals surface area (Å²) < 4.78 is 3.11. The molecule has 0 amide bonds. The van der Waals surface area contributed by atoms with E-state index in [2.05, 4.69) is 60.3 Å². The number of nitrogens with zero attached hydrogens (tertiary/aromatic N) is 5. The fourth-order valence-corrected chi connectivity index (χ4v) is 3.29. The minimum absolute atomic E-state index is 0.382. The summed E-state index contributed by atoms with van der Waals surface area (Å²) in [5, 5.41) is 8.06. The van der Waals surface area contributed by atoms with Gasteiger partial charge in [-0.25, -0.2) is 0 Å². The van der Waals surface area contributed by atoms with Crippen molar-refractivity contribution >= 4 is 27.4 Å². The Morgan fingerprint density at radius 1 is 1.14 bits per heavy atom. The molecule has 21 heavy (non-hydrogen) atoms. The topological polar surface area (TPSA) is 46.3 Å². The molecule has 0 radical (unpaired) electrons. The number of halogens is 1. The van der Waals surface area contributed by atoms with E-state index in [1.807, 2.05) is 10.6 Å². The fourth-order valence-electron chi connectivity index (χ4n) is 3.03. The maximum absolute atomic E-state index is 4.30. The minimum Gasteiger partial charge on any atom is -0.349 e. The summed E-state index contributed by atoms with van der Waals surface area (Å²) in [6.07, 6.45) is 7.72. The second kappa shape index (κ2) is 5.11. The molecule has 3 heterocycles. The molecule has 0 saturated carbocycles. The highest BCUT2D eigenvalue weighted by Crippen LogP contribution is 2.36. The molecule has 1 aromatic carbocycles. The number of anilines is 1. The zero-order valence-corrected chi connectivity index (χ0v) is 12.9. The first-order valence-electron chi connectivity index (χ1n) is 6.99. The van der Waals surface area contributed by atoms with Gasteiger partial charge in [0.1, 0.15) is 12.1 Å². The molecule has 3 aromatic rings. The van der Waals surface area contributed by atoms with Crippen molar-refractivity contribution in [2.75, 3.05) is 11.4 Å². The average molecular weight is 344 g/mol. The van der Waals surface area contributed by atoms with Crippen molar-refractivity contribution in [3.63, 3.8) is 0 Å². The van der Waals surface area contributed by atoms with E-state index in [4.69, 9.17) is 0 Å². The Balaban J connectivity index is 1.76. The lowest BCUT2D eigenvalue weighted by molar-refractivity contribution is 0.706. The third-order valence-electron chi connectivity index (χ3n) is 4.00. The normalized spacial score (nSPS) is 18.5. The Labute approximate surface area is 130 Å². The van der Waals surface area contributed by atoms with Crippen LogP contribution in [0.2, 0.25) is 0 Å². The van der Waals surface area contributed by atoms with Gasteiger partial charge in [0.15, 0.2) is 5.65 Å². The maximum Gasteiger partial charge on any atom is 0.180 e. The number of fused-ring (bicyclic) bond motifs is 1. The largest absolute Gasteiger partial charge is 0.349 e. The van der Waals surface area contributed by atoms with Crippen LogP contribution in [-0.4, -0.2) is 26.1 Å². The molecule has 0 bridgehead atoms. The van der Waals surface area contributed by atoms with Crippen LogP contribution in [0.5, 0.6) is 0 Å². The lowest BCUT2D eigenvalue weighted by Crippen LogP contribution is -2.24. The Hall–Kier alpha value is -1.95. The molecule has 2 aromatic heterocycles. The molecule has 1 atom stereocenters.